The molecular weight excluding hydrogens is 258 g/mol. The number of rotatable bonds is 3. The maximum atomic E-state index is 11.5. The summed E-state index contributed by atoms with van der Waals surface area (Å²) in [4.78, 5) is 11.5. The smallest absolute Gasteiger partial charge is 0.339 e. The van der Waals surface area contributed by atoms with E-state index < -0.39 is 6.03 Å². The summed E-state index contributed by atoms with van der Waals surface area (Å²) >= 11 is 0. The number of urea groups is 1. The minimum Gasteiger partial charge on any atom is -0.504 e. The molecule has 0 radical (unpaired) electrons. The molecule has 0 bridgehead atoms. The molecule has 0 aliphatic rings. The highest BCUT2D eigenvalue weighted by Gasteiger charge is 2.00. The number of nitrogens with zero attached hydrogens (tertiary/aromatic N) is 1. The zero-order valence-corrected chi connectivity index (χ0v) is 10.4. The predicted octanol–water partition coefficient (Wildman–Crippen LogP) is 2.25. The van der Waals surface area contributed by atoms with Crippen LogP contribution in [0.5, 0.6) is 11.5 Å². The van der Waals surface area contributed by atoms with Gasteiger partial charge >= 0.3 is 6.03 Å². The van der Waals surface area contributed by atoms with Gasteiger partial charge in [-0.05, 0) is 35.9 Å². The third-order valence-corrected chi connectivity index (χ3v) is 2.41. The second-order valence-corrected chi connectivity index (χ2v) is 3.94. The maximum Gasteiger partial charge on any atom is 0.339 e. The first-order valence-electron chi connectivity index (χ1n) is 5.82. The first kappa shape index (κ1) is 13.4. The fourth-order valence-corrected chi connectivity index (χ4v) is 1.47. The zero-order chi connectivity index (χ0) is 14.4. The van der Waals surface area contributed by atoms with Crippen LogP contribution in [0.2, 0.25) is 0 Å². The lowest BCUT2D eigenvalue weighted by atomic mass is 10.2. The van der Waals surface area contributed by atoms with Crippen molar-refractivity contribution in [2.75, 3.05) is 5.32 Å². The number of aromatic hydroxyl groups is 2. The van der Waals surface area contributed by atoms with E-state index in [1.807, 2.05) is 6.07 Å². The van der Waals surface area contributed by atoms with Gasteiger partial charge in [-0.2, -0.15) is 5.10 Å². The standard InChI is InChI=1S/C14H13N3O3/c18-12-7-6-10(8-13(12)19)9-15-17-14(20)16-11-4-2-1-3-5-11/h1-9,18-19H,(H2,16,17,20)/b15-9-. The van der Waals surface area contributed by atoms with Crippen LogP contribution in [0.1, 0.15) is 5.56 Å². The number of phenolic OH excluding ortho intramolecular Hbond substituents is 2. The molecule has 0 fully saturated rings. The molecule has 0 saturated carbocycles. The lowest BCUT2D eigenvalue weighted by Crippen LogP contribution is -2.24. The third kappa shape index (κ3) is 3.74. The molecule has 20 heavy (non-hydrogen) atoms. The molecule has 0 aliphatic carbocycles. The molecule has 2 rings (SSSR count). The largest absolute Gasteiger partial charge is 0.504 e. The number of amides is 2. The molecule has 6 heteroatoms. The summed E-state index contributed by atoms with van der Waals surface area (Å²) in [5.41, 5.74) is 3.49. The average molecular weight is 271 g/mol. The molecule has 0 atom stereocenters. The van der Waals surface area contributed by atoms with E-state index >= 15 is 0 Å². The van der Waals surface area contributed by atoms with Crippen LogP contribution in [0.4, 0.5) is 10.5 Å². The molecule has 6 nitrogen and oxygen atoms in total. The molecule has 0 heterocycles. The number of carbonyl (C=O) groups is 1. The van der Waals surface area contributed by atoms with Gasteiger partial charge in [0.25, 0.3) is 0 Å². The lowest BCUT2D eigenvalue weighted by molar-refractivity contribution is 0.252. The van der Waals surface area contributed by atoms with E-state index in [4.69, 9.17) is 5.11 Å². The number of para-hydroxylation sites is 1. The Balaban J connectivity index is 1.89. The van der Waals surface area contributed by atoms with Crippen molar-refractivity contribution in [2.45, 2.75) is 0 Å². The van der Waals surface area contributed by atoms with Gasteiger partial charge in [0.1, 0.15) is 0 Å². The van der Waals surface area contributed by atoms with Gasteiger partial charge < -0.3 is 15.5 Å². The van der Waals surface area contributed by atoms with Crippen molar-refractivity contribution >= 4 is 17.9 Å². The fourth-order valence-electron chi connectivity index (χ4n) is 1.47. The quantitative estimate of drug-likeness (QED) is 0.392. The number of benzene rings is 2. The first-order valence-corrected chi connectivity index (χ1v) is 5.82. The van der Waals surface area contributed by atoms with Gasteiger partial charge in [-0.15, -0.1) is 0 Å². The summed E-state index contributed by atoms with van der Waals surface area (Å²) < 4.78 is 0. The van der Waals surface area contributed by atoms with E-state index in [9.17, 15) is 9.90 Å². The molecule has 0 spiro atoms. The summed E-state index contributed by atoms with van der Waals surface area (Å²) in [6.07, 6.45) is 1.35. The molecule has 0 saturated heterocycles. The minimum atomic E-state index is -0.476. The van der Waals surface area contributed by atoms with E-state index in [1.54, 1.807) is 30.3 Å². The van der Waals surface area contributed by atoms with Crippen molar-refractivity contribution in [1.29, 1.82) is 0 Å². The van der Waals surface area contributed by atoms with Crippen molar-refractivity contribution in [3.8, 4) is 11.5 Å². The van der Waals surface area contributed by atoms with Crippen LogP contribution in [0.25, 0.3) is 0 Å². The molecular formula is C14H13N3O3. The average Bonchev–Trinajstić information content (AvgIpc) is 2.44. The van der Waals surface area contributed by atoms with Crippen LogP contribution < -0.4 is 10.7 Å². The van der Waals surface area contributed by atoms with Gasteiger partial charge in [0.05, 0.1) is 6.21 Å². The summed E-state index contributed by atoms with van der Waals surface area (Å²) in [6, 6.07) is 12.7. The van der Waals surface area contributed by atoms with Crippen LogP contribution in [0.15, 0.2) is 53.6 Å². The second kappa shape index (κ2) is 6.24. The molecule has 2 amide bonds. The Morgan fingerprint density at radius 2 is 1.80 bits per heavy atom. The summed E-state index contributed by atoms with van der Waals surface area (Å²) in [5, 5.41) is 24.8. The van der Waals surface area contributed by atoms with Gasteiger partial charge in [-0.25, -0.2) is 10.2 Å². The maximum absolute atomic E-state index is 11.5. The van der Waals surface area contributed by atoms with Gasteiger partial charge in [0.15, 0.2) is 11.5 Å². The van der Waals surface area contributed by atoms with Crippen LogP contribution in [0.3, 0.4) is 0 Å². The van der Waals surface area contributed by atoms with Gasteiger partial charge in [-0.1, -0.05) is 18.2 Å². The molecule has 2 aromatic carbocycles. The van der Waals surface area contributed by atoms with Crippen molar-refractivity contribution in [1.82, 2.24) is 5.43 Å². The molecule has 0 aliphatic heterocycles. The molecule has 0 unspecified atom stereocenters. The van der Waals surface area contributed by atoms with Crippen LogP contribution in [-0.4, -0.2) is 22.5 Å². The number of hydrogen-bond donors (Lipinski definition) is 4. The summed E-state index contributed by atoms with van der Waals surface area (Å²) in [7, 11) is 0. The third-order valence-electron chi connectivity index (χ3n) is 2.41. The zero-order valence-electron chi connectivity index (χ0n) is 10.4. The Bertz CT molecular complexity index is 627. The van der Waals surface area contributed by atoms with Crippen molar-refractivity contribution in [3.63, 3.8) is 0 Å². The molecule has 102 valence electrons. The Kier molecular flexibility index (Phi) is 4.18. The highest BCUT2D eigenvalue weighted by atomic mass is 16.3. The normalized spacial score (nSPS) is 10.4. The minimum absolute atomic E-state index is 0.211. The lowest BCUT2D eigenvalue weighted by Gasteiger charge is -2.03. The van der Waals surface area contributed by atoms with Gasteiger partial charge in [-0.3, -0.25) is 0 Å². The molecule has 4 N–H and O–H groups in total. The van der Waals surface area contributed by atoms with Crippen LogP contribution in [0, 0.1) is 0 Å². The van der Waals surface area contributed by atoms with Crippen molar-refractivity contribution in [2.24, 2.45) is 5.10 Å². The predicted molar refractivity (Wildman–Crippen MR) is 76.0 cm³/mol. The second-order valence-electron chi connectivity index (χ2n) is 3.94. The SMILES string of the molecule is O=C(N/N=C\c1ccc(O)c(O)c1)Nc1ccccc1. The Morgan fingerprint density at radius 1 is 1.05 bits per heavy atom. The number of carbonyl (C=O) groups excluding carboxylic acids is 1. The summed E-state index contributed by atoms with van der Waals surface area (Å²) in [6.45, 7) is 0. The number of phenols is 2. The van der Waals surface area contributed by atoms with Crippen molar-refractivity contribution < 1.29 is 15.0 Å². The van der Waals surface area contributed by atoms with Gasteiger partial charge in [0.2, 0.25) is 0 Å². The highest BCUT2D eigenvalue weighted by molar-refractivity contribution is 5.90. The topological polar surface area (TPSA) is 94.0 Å². The van der Waals surface area contributed by atoms with Gasteiger partial charge in [0, 0.05) is 5.69 Å². The monoisotopic (exact) mass is 271 g/mol. The van der Waals surface area contributed by atoms with Crippen LogP contribution >= 0.6 is 0 Å². The Morgan fingerprint density at radius 3 is 2.50 bits per heavy atom. The Hall–Kier alpha value is -3.02. The van der Waals surface area contributed by atoms with Crippen LogP contribution in [-0.2, 0) is 0 Å². The van der Waals surface area contributed by atoms with E-state index in [-0.39, 0.29) is 11.5 Å². The van der Waals surface area contributed by atoms with E-state index in [0.717, 1.165) is 0 Å². The van der Waals surface area contributed by atoms with E-state index in [0.29, 0.717) is 11.3 Å². The number of nitrogens with one attached hydrogen (secondary N) is 2. The number of anilines is 1. The van der Waals surface area contributed by atoms with E-state index in [2.05, 4.69) is 15.8 Å². The number of hydrogen-bond acceptors (Lipinski definition) is 4. The number of hydrazone groups is 1. The molecule has 0 aromatic heterocycles. The fraction of sp³-hybridized carbons (Fsp3) is 0. The van der Waals surface area contributed by atoms with E-state index in [1.165, 1.54) is 18.3 Å². The first-order chi connectivity index (χ1) is 9.65. The highest BCUT2D eigenvalue weighted by Crippen LogP contribution is 2.23. The Labute approximate surface area is 115 Å². The summed E-state index contributed by atoms with van der Waals surface area (Å²) in [5.74, 6) is -0.459. The molecule has 2 aromatic rings. The van der Waals surface area contributed by atoms with Crippen molar-refractivity contribution in [3.05, 3.63) is 54.1 Å².